The number of aliphatic hydroxyl groups excluding tert-OH is 1. The minimum Gasteiger partial charge on any atom is -0.387 e. The molecule has 0 bridgehead atoms. The number of halogens is 2. The summed E-state index contributed by atoms with van der Waals surface area (Å²) < 4.78 is 48.3. The smallest absolute Gasteiger partial charge is 0.281 e. The lowest BCUT2D eigenvalue weighted by Crippen LogP contribution is -2.59. The van der Waals surface area contributed by atoms with E-state index >= 15 is 8.78 Å². The summed E-state index contributed by atoms with van der Waals surface area (Å²) in [5, 5.41) is 10.4. The average molecular weight is 469 g/mol. The van der Waals surface area contributed by atoms with E-state index in [2.05, 4.69) is 0 Å². The molecule has 0 unspecified atom stereocenters. The van der Waals surface area contributed by atoms with Crippen LogP contribution in [-0.2, 0) is 34.0 Å². The summed E-state index contributed by atoms with van der Waals surface area (Å²) in [5.74, 6) is -4.73. The maximum atomic E-state index is 15.2. The normalized spacial score (nSPS) is 24.1. The Morgan fingerprint density at radius 2 is 1.18 bits per heavy atom. The third-order valence-corrected chi connectivity index (χ3v) is 6.16. The number of aliphatic hydroxyl groups is 1. The summed E-state index contributed by atoms with van der Waals surface area (Å²) in [6.07, 6.45) is -3.70. The molecule has 0 saturated heterocycles. The van der Waals surface area contributed by atoms with Gasteiger partial charge in [-0.25, -0.2) is 8.78 Å². The van der Waals surface area contributed by atoms with Crippen molar-refractivity contribution in [2.45, 2.75) is 50.5 Å². The van der Waals surface area contributed by atoms with Crippen LogP contribution in [-0.4, -0.2) is 35.9 Å². The Morgan fingerprint density at radius 1 is 0.706 bits per heavy atom. The Kier molecular flexibility index (Phi) is 8.40. The number of ether oxygens (including phenoxy) is 3. The molecule has 180 valence electrons. The zero-order chi connectivity index (χ0) is 23.8. The Bertz CT molecular complexity index is 985. The average Bonchev–Trinajstić information content (AvgIpc) is 2.87. The fourth-order valence-electron chi connectivity index (χ4n) is 4.25. The second-order valence-corrected chi connectivity index (χ2v) is 8.63. The van der Waals surface area contributed by atoms with Gasteiger partial charge < -0.3 is 19.3 Å². The van der Waals surface area contributed by atoms with Crippen molar-refractivity contribution in [3.05, 3.63) is 108 Å². The first-order valence-corrected chi connectivity index (χ1v) is 11.5. The van der Waals surface area contributed by atoms with E-state index in [1.54, 1.807) is 0 Å². The Balaban J connectivity index is 1.50. The van der Waals surface area contributed by atoms with Gasteiger partial charge in [-0.1, -0.05) is 91.0 Å². The largest absolute Gasteiger partial charge is 0.387 e. The zero-order valence-corrected chi connectivity index (χ0v) is 18.9. The van der Waals surface area contributed by atoms with Crippen molar-refractivity contribution < 1.29 is 28.1 Å². The summed E-state index contributed by atoms with van der Waals surface area (Å²) in [7, 11) is 0. The van der Waals surface area contributed by atoms with Crippen molar-refractivity contribution in [1.29, 1.82) is 0 Å². The van der Waals surface area contributed by atoms with E-state index in [1.807, 2.05) is 91.0 Å². The lowest BCUT2D eigenvalue weighted by Gasteiger charge is -2.44. The van der Waals surface area contributed by atoms with Crippen LogP contribution in [0.3, 0.4) is 0 Å². The van der Waals surface area contributed by atoms with Crippen molar-refractivity contribution >= 4 is 0 Å². The van der Waals surface area contributed by atoms with Crippen LogP contribution in [0.5, 0.6) is 0 Å². The molecule has 4 nitrogen and oxygen atoms in total. The van der Waals surface area contributed by atoms with Gasteiger partial charge in [-0.15, -0.1) is 0 Å². The van der Waals surface area contributed by atoms with Crippen molar-refractivity contribution in [2.75, 3.05) is 6.61 Å². The van der Waals surface area contributed by atoms with Crippen LogP contribution in [0.15, 0.2) is 91.0 Å². The molecule has 1 aliphatic rings. The minimum atomic E-state index is -3.37. The number of hydrogen-bond donors (Lipinski definition) is 1. The molecule has 3 aromatic carbocycles. The number of rotatable bonds is 10. The number of alkyl halides is 2. The highest BCUT2D eigenvalue weighted by molar-refractivity contribution is 5.15. The number of hydrogen-bond acceptors (Lipinski definition) is 4. The molecule has 6 heteroatoms. The Hall–Kier alpha value is -2.64. The second kappa shape index (κ2) is 11.7. The molecular formula is C28H30F2O4. The van der Waals surface area contributed by atoms with E-state index in [4.69, 9.17) is 14.2 Å². The van der Waals surface area contributed by atoms with Gasteiger partial charge in [-0.2, -0.15) is 0 Å². The standard InChI is InChI=1S/C28H30F2O4/c29-28(30)24(20-32-17-21-10-4-1-5-11-21)27(34-19-23-14-8-3-9-15-23)25(16-26(28)31)33-18-22-12-6-2-7-13-22/h1-15,24-27,31H,16-20H2/t24-,25-,26+,27-/m1/s1. The molecule has 0 heterocycles. The molecule has 4 atom stereocenters. The first-order chi connectivity index (χ1) is 16.5. The molecule has 1 saturated carbocycles. The van der Waals surface area contributed by atoms with E-state index in [-0.39, 0.29) is 32.8 Å². The highest BCUT2D eigenvalue weighted by Gasteiger charge is 2.57. The third-order valence-electron chi connectivity index (χ3n) is 6.16. The summed E-state index contributed by atoms with van der Waals surface area (Å²) in [6.45, 7) is 0.346. The quantitative estimate of drug-likeness (QED) is 0.433. The van der Waals surface area contributed by atoms with Crippen molar-refractivity contribution in [1.82, 2.24) is 0 Å². The summed E-state index contributed by atoms with van der Waals surface area (Å²) in [5.41, 5.74) is 2.69. The van der Waals surface area contributed by atoms with Crippen molar-refractivity contribution in [3.63, 3.8) is 0 Å². The fourth-order valence-corrected chi connectivity index (χ4v) is 4.25. The van der Waals surface area contributed by atoms with Crippen LogP contribution in [0.25, 0.3) is 0 Å². The monoisotopic (exact) mass is 468 g/mol. The van der Waals surface area contributed by atoms with Gasteiger partial charge in [0.05, 0.1) is 44.6 Å². The van der Waals surface area contributed by atoms with E-state index in [0.29, 0.717) is 0 Å². The molecular weight excluding hydrogens is 438 g/mol. The molecule has 0 amide bonds. The summed E-state index contributed by atoms with van der Waals surface area (Å²) in [6, 6.07) is 28.3. The van der Waals surface area contributed by atoms with E-state index < -0.39 is 30.2 Å². The van der Waals surface area contributed by atoms with Gasteiger partial charge in [-0.05, 0) is 16.7 Å². The van der Waals surface area contributed by atoms with Gasteiger partial charge in [0, 0.05) is 6.42 Å². The Morgan fingerprint density at radius 3 is 1.71 bits per heavy atom. The third kappa shape index (κ3) is 6.27. The first-order valence-electron chi connectivity index (χ1n) is 11.5. The van der Waals surface area contributed by atoms with Crippen LogP contribution in [0.2, 0.25) is 0 Å². The van der Waals surface area contributed by atoms with Crippen LogP contribution in [0.1, 0.15) is 23.1 Å². The highest BCUT2D eigenvalue weighted by atomic mass is 19.3. The zero-order valence-electron chi connectivity index (χ0n) is 18.9. The van der Waals surface area contributed by atoms with Crippen molar-refractivity contribution in [3.8, 4) is 0 Å². The summed E-state index contributed by atoms with van der Waals surface area (Å²) >= 11 is 0. The number of benzene rings is 3. The van der Waals surface area contributed by atoms with Crippen LogP contribution >= 0.6 is 0 Å². The molecule has 0 aliphatic heterocycles. The molecule has 4 rings (SSSR count). The topological polar surface area (TPSA) is 47.9 Å². The SMILES string of the molecule is O[C@H]1C[C@@H](OCc2ccccc2)[C@H](OCc2ccccc2)[C@@H](COCc2ccccc2)C1(F)F. The molecule has 0 aromatic heterocycles. The Labute approximate surface area is 199 Å². The molecule has 0 radical (unpaired) electrons. The van der Waals surface area contributed by atoms with Gasteiger partial charge >= 0.3 is 0 Å². The molecule has 1 N–H and O–H groups in total. The van der Waals surface area contributed by atoms with Gasteiger partial charge in [0.25, 0.3) is 5.92 Å². The fraction of sp³-hybridized carbons (Fsp3) is 0.357. The van der Waals surface area contributed by atoms with E-state index in [9.17, 15) is 5.11 Å². The van der Waals surface area contributed by atoms with Gasteiger partial charge in [0.15, 0.2) is 0 Å². The summed E-state index contributed by atoms with van der Waals surface area (Å²) in [4.78, 5) is 0. The van der Waals surface area contributed by atoms with Crippen molar-refractivity contribution in [2.24, 2.45) is 5.92 Å². The second-order valence-electron chi connectivity index (χ2n) is 8.63. The predicted octanol–water partition coefficient (Wildman–Crippen LogP) is 5.39. The molecule has 34 heavy (non-hydrogen) atoms. The predicted molar refractivity (Wildman–Crippen MR) is 125 cm³/mol. The molecule has 3 aromatic rings. The lowest BCUT2D eigenvalue weighted by atomic mass is 9.79. The maximum Gasteiger partial charge on any atom is 0.281 e. The van der Waals surface area contributed by atoms with Gasteiger partial charge in [0.2, 0.25) is 0 Å². The molecule has 0 spiro atoms. The molecule has 1 fully saturated rings. The highest BCUT2D eigenvalue weighted by Crippen LogP contribution is 2.42. The van der Waals surface area contributed by atoms with E-state index in [0.717, 1.165) is 16.7 Å². The van der Waals surface area contributed by atoms with Gasteiger partial charge in [0.1, 0.15) is 6.10 Å². The van der Waals surface area contributed by atoms with Crippen LogP contribution in [0.4, 0.5) is 8.78 Å². The minimum absolute atomic E-state index is 0.165. The first kappa shape index (κ1) is 24.5. The lowest BCUT2D eigenvalue weighted by molar-refractivity contribution is -0.259. The van der Waals surface area contributed by atoms with Crippen LogP contribution < -0.4 is 0 Å². The maximum absolute atomic E-state index is 15.2. The molecule has 1 aliphatic carbocycles. The van der Waals surface area contributed by atoms with E-state index in [1.165, 1.54) is 0 Å². The van der Waals surface area contributed by atoms with Gasteiger partial charge in [-0.3, -0.25) is 0 Å². The van der Waals surface area contributed by atoms with Crippen LogP contribution in [0, 0.1) is 5.92 Å².